The molecule has 0 bridgehead atoms. The Kier molecular flexibility index (Phi) is 5.38. The summed E-state index contributed by atoms with van der Waals surface area (Å²) in [4.78, 5) is 16.7. The van der Waals surface area contributed by atoms with Gasteiger partial charge in [-0.25, -0.2) is 0 Å². The van der Waals surface area contributed by atoms with Crippen LogP contribution in [0.1, 0.15) is 50.6 Å². The van der Waals surface area contributed by atoms with Crippen molar-refractivity contribution in [2.75, 3.05) is 18.4 Å². The van der Waals surface area contributed by atoms with E-state index in [-0.39, 0.29) is 11.7 Å². The normalized spacial score (nSPS) is 18.1. The maximum absolute atomic E-state index is 13.0. The van der Waals surface area contributed by atoms with Gasteiger partial charge < -0.3 is 15.7 Å². The first-order valence-electron chi connectivity index (χ1n) is 10.5. The molecule has 160 valence electrons. The number of phenolic OH excluding ortho intramolecular Hbond substituents is 1. The minimum absolute atomic E-state index is 0.0721. The van der Waals surface area contributed by atoms with Crippen molar-refractivity contribution in [1.29, 1.82) is 0 Å². The molecule has 3 heterocycles. The van der Waals surface area contributed by atoms with E-state index in [9.17, 15) is 9.90 Å². The number of phenols is 1. The number of anilines is 1. The van der Waals surface area contributed by atoms with Crippen LogP contribution in [0.25, 0.3) is 0 Å². The molecular formula is C24H24ClN3O2S. The predicted octanol–water partition coefficient (Wildman–Crippen LogP) is 4.93. The lowest BCUT2D eigenvalue weighted by Crippen LogP contribution is -2.39. The molecule has 5 rings (SSSR count). The standard InChI is InChI=1S/C24H24ClN3O2S/c1-2-28-10-9-16-20(13-28)31-24-21(16)23(30)26-22(27-24)17-12-14(7-8-19(17)29)11-15-5-3-4-6-18(15)25/h3-8,12,22,27,29H,2,9-11,13H2,1H3,(H,26,30)/t22-/m1/s1. The van der Waals surface area contributed by atoms with E-state index >= 15 is 0 Å². The molecule has 1 atom stereocenters. The molecule has 2 aliphatic rings. The zero-order chi connectivity index (χ0) is 21.5. The van der Waals surface area contributed by atoms with Crippen LogP contribution in [0.5, 0.6) is 5.75 Å². The van der Waals surface area contributed by atoms with E-state index in [1.54, 1.807) is 17.4 Å². The van der Waals surface area contributed by atoms with Crippen LogP contribution in [0, 0.1) is 0 Å². The van der Waals surface area contributed by atoms with E-state index in [1.807, 2.05) is 36.4 Å². The van der Waals surface area contributed by atoms with Gasteiger partial charge >= 0.3 is 0 Å². The molecule has 3 aromatic rings. The highest BCUT2D eigenvalue weighted by Gasteiger charge is 2.33. The van der Waals surface area contributed by atoms with Gasteiger partial charge in [-0.15, -0.1) is 11.3 Å². The molecule has 0 saturated carbocycles. The van der Waals surface area contributed by atoms with Crippen LogP contribution in [0.15, 0.2) is 42.5 Å². The summed E-state index contributed by atoms with van der Waals surface area (Å²) >= 11 is 7.98. The van der Waals surface area contributed by atoms with E-state index in [1.165, 1.54) is 10.4 Å². The van der Waals surface area contributed by atoms with Crippen molar-refractivity contribution in [3.63, 3.8) is 0 Å². The summed E-state index contributed by atoms with van der Waals surface area (Å²) in [6.45, 7) is 5.05. The Balaban J connectivity index is 1.44. The van der Waals surface area contributed by atoms with Gasteiger partial charge in [0.25, 0.3) is 5.91 Å². The summed E-state index contributed by atoms with van der Waals surface area (Å²) in [6.07, 6.45) is 1.07. The molecule has 0 saturated heterocycles. The molecule has 0 spiro atoms. The molecule has 2 aliphatic heterocycles. The second kappa shape index (κ2) is 8.19. The molecule has 5 nitrogen and oxygen atoms in total. The lowest BCUT2D eigenvalue weighted by molar-refractivity contribution is 0.0934. The van der Waals surface area contributed by atoms with Crippen molar-refractivity contribution in [2.24, 2.45) is 0 Å². The lowest BCUT2D eigenvalue weighted by Gasteiger charge is -2.28. The molecule has 7 heteroatoms. The number of rotatable bonds is 4. The second-order valence-electron chi connectivity index (χ2n) is 8.04. The number of fused-ring (bicyclic) bond motifs is 3. The van der Waals surface area contributed by atoms with Crippen LogP contribution in [-0.4, -0.2) is 29.0 Å². The van der Waals surface area contributed by atoms with Crippen molar-refractivity contribution in [2.45, 2.75) is 32.5 Å². The van der Waals surface area contributed by atoms with Gasteiger partial charge in [-0.3, -0.25) is 9.69 Å². The maximum Gasteiger partial charge on any atom is 0.256 e. The van der Waals surface area contributed by atoms with Gasteiger partial charge in [-0.2, -0.15) is 0 Å². The van der Waals surface area contributed by atoms with Gasteiger partial charge in [0.2, 0.25) is 0 Å². The molecule has 0 unspecified atom stereocenters. The van der Waals surface area contributed by atoms with Gasteiger partial charge in [0.15, 0.2) is 0 Å². The first-order valence-corrected chi connectivity index (χ1v) is 11.7. The smallest absolute Gasteiger partial charge is 0.256 e. The summed E-state index contributed by atoms with van der Waals surface area (Å²) in [5.74, 6) is 0.0831. The Bertz CT molecular complexity index is 1160. The number of aromatic hydroxyl groups is 1. The molecule has 1 aromatic heterocycles. The van der Waals surface area contributed by atoms with Crippen LogP contribution in [0.3, 0.4) is 0 Å². The van der Waals surface area contributed by atoms with Crippen molar-refractivity contribution >= 4 is 33.8 Å². The summed E-state index contributed by atoms with van der Waals surface area (Å²) in [5, 5.41) is 18.7. The zero-order valence-corrected chi connectivity index (χ0v) is 18.8. The molecule has 2 aromatic carbocycles. The minimum Gasteiger partial charge on any atom is -0.508 e. The Morgan fingerprint density at radius 1 is 1.23 bits per heavy atom. The maximum atomic E-state index is 13.0. The SMILES string of the molecule is CCN1CCc2c(sc3c2C(=O)N[C@@H](c2cc(Cc4ccccc4Cl)ccc2O)N3)C1. The quantitative estimate of drug-likeness (QED) is 0.524. The van der Waals surface area contributed by atoms with Gasteiger partial charge in [-0.05, 0) is 54.3 Å². The van der Waals surface area contributed by atoms with Crippen molar-refractivity contribution in [1.82, 2.24) is 10.2 Å². The number of nitrogens with one attached hydrogen (secondary N) is 2. The van der Waals surface area contributed by atoms with Gasteiger partial charge in [0.1, 0.15) is 16.9 Å². The fourth-order valence-corrected chi connectivity index (χ4v) is 5.92. The number of hydrogen-bond acceptors (Lipinski definition) is 5. The third-order valence-corrected chi connectivity index (χ3v) is 7.63. The Morgan fingerprint density at radius 3 is 2.87 bits per heavy atom. The molecule has 0 fully saturated rings. The molecule has 3 N–H and O–H groups in total. The summed E-state index contributed by atoms with van der Waals surface area (Å²) in [7, 11) is 0. The number of thiophene rings is 1. The van der Waals surface area contributed by atoms with Gasteiger partial charge in [0, 0.05) is 28.6 Å². The fraction of sp³-hybridized carbons (Fsp3) is 0.292. The first-order chi connectivity index (χ1) is 15.0. The van der Waals surface area contributed by atoms with Crippen LogP contribution in [0.4, 0.5) is 5.00 Å². The molecular weight excluding hydrogens is 430 g/mol. The van der Waals surface area contributed by atoms with Crippen LogP contribution in [-0.2, 0) is 19.4 Å². The highest BCUT2D eigenvalue weighted by Crippen LogP contribution is 2.41. The average molecular weight is 454 g/mol. The van der Waals surface area contributed by atoms with Crippen molar-refractivity contribution in [3.8, 4) is 5.75 Å². The predicted molar refractivity (Wildman–Crippen MR) is 125 cm³/mol. The Hall–Kier alpha value is -2.54. The number of amides is 1. The highest BCUT2D eigenvalue weighted by atomic mass is 35.5. The minimum atomic E-state index is -0.478. The lowest BCUT2D eigenvalue weighted by atomic mass is 9.98. The Morgan fingerprint density at radius 2 is 2.06 bits per heavy atom. The zero-order valence-electron chi connectivity index (χ0n) is 17.2. The number of carbonyl (C=O) groups excluding carboxylic acids is 1. The van der Waals surface area contributed by atoms with Gasteiger partial charge in [-0.1, -0.05) is 42.8 Å². The van der Waals surface area contributed by atoms with Crippen LogP contribution < -0.4 is 10.6 Å². The number of carbonyl (C=O) groups is 1. The van der Waals surface area contributed by atoms with E-state index in [0.717, 1.165) is 52.8 Å². The van der Waals surface area contributed by atoms with E-state index < -0.39 is 6.17 Å². The first kappa shape index (κ1) is 20.4. The third kappa shape index (κ3) is 3.80. The number of nitrogens with zero attached hydrogens (tertiary/aromatic N) is 1. The van der Waals surface area contributed by atoms with E-state index in [0.29, 0.717) is 12.0 Å². The van der Waals surface area contributed by atoms with Crippen LogP contribution >= 0.6 is 22.9 Å². The highest BCUT2D eigenvalue weighted by molar-refractivity contribution is 7.16. The summed E-state index contributed by atoms with van der Waals surface area (Å²) < 4.78 is 0. The third-order valence-electron chi connectivity index (χ3n) is 6.12. The number of halogens is 1. The number of likely N-dealkylation sites (N-methyl/N-ethyl adjacent to an activating group) is 1. The molecule has 31 heavy (non-hydrogen) atoms. The van der Waals surface area contributed by atoms with E-state index in [2.05, 4.69) is 22.5 Å². The van der Waals surface area contributed by atoms with E-state index in [4.69, 9.17) is 11.6 Å². The summed E-state index contributed by atoms with van der Waals surface area (Å²) in [5.41, 5.74) is 4.65. The topological polar surface area (TPSA) is 64.6 Å². The number of benzene rings is 2. The van der Waals surface area contributed by atoms with Gasteiger partial charge in [0.05, 0.1) is 5.56 Å². The van der Waals surface area contributed by atoms with Crippen molar-refractivity contribution in [3.05, 3.63) is 80.2 Å². The molecule has 1 amide bonds. The number of hydrogen-bond donors (Lipinski definition) is 3. The fourth-order valence-electron chi connectivity index (χ4n) is 4.40. The summed E-state index contributed by atoms with van der Waals surface area (Å²) in [6, 6.07) is 13.3. The van der Waals surface area contributed by atoms with Crippen LogP contribution in [0.2, 0.25) is 5.02 Å². The second-order valence-corrected chi connectivity index (χ2v) is 9.55. The Labute approximate surface area is 190 Å². The largest absolute Gasteiger partial charge is 0.508 e. The molecule has 0 radical (unpaired) electrons. The molecule has 0 aliphatic carbocycles. The monoisotopic (exact) mass is 453 g/mol. The average Bonchev–Trinajstić information content (AvgIpc) is 3.14. The van der Waals surface area contributed by atoms with Crippen molar-refractivity contribution < 1.29 is 9.90 Å².